The number of nitro benzene ring substituents is 1. The van der Waals surface area contributed by atoms with Gasteiger partial charge in [0.1, 0.15) is 5.76 Å². The zero-order valence-corrected chi connectivity index (χ0v) is 11.1. The lowest BCUT2D eigenvalue weighted by Crippen LogP contribution is -2.20. The zero-order valence-electron chi connectivity index (χ0n) is 10.3. The Morgan fingerprint density at radius 2 is 1.90 bits per heavy atom. The molecule has 0 saturated carbocycles. The highest BCUT2D eigenvalue weighted by Gasteiger charge is 2.23. The standard InChI is InChI=1S/C13H11NO5S/c15-12-2-1-3-13(20(18)19)11(12)8-9-4-6-10(7-5-9)14(16)17/h1-7,11,15H,8H2. The van der Waals surface area contributed by atoms with E-state index in [1.165, 1.54) is 30.4 Å². The Labute approximate surface area is 116 Å². The van der Waals surface area contributed by atoms with Crippen molar-refractivity contribution in [3.63, 3.8) is 0 Å². The van der Waals surface area contributed by atoms with E-state index in [1.54, 1.807) is 12.1 Å². The van der Waals surface area contributed by atoms with Crippen LogP contribution in [-0.2, 0) is 16.7 Å². The van der Waals surface area contributed by atoms with E-state index < -0.39 is 21.1 Å². The number of hydrogen-bond donors (Lipinski definition) is 1. The molecule has 1 aromatic carbocycles. The molecule has 1 unspecified atom stereocenters. The van der Waals surface area contributed by atoms with E-state index in [2.05, 4.69) is 0 Å². The molecule has 1 atom stereocenters. The topological polar surface area (TPSA) is 97.5 Å². The second kappa shape index (κ2) is 5.70. The van der Waals surface area contributed by atoms with E-state index in [9.17, 15) is 23.6 Å². The lowest BCUT2D eigenvalue weighted by atomic mass is 9.91. The zero-order chi connectivity index (χ0) is 14.7. The van der Waals surface area contributed by atoms with Crippen molar-refractivity contribution in [2.45, 2.75) is 6.42 Å². The van der Waals surface area contributed by atoms with Crippen LogP contribution < -0.4 is 0 Å². The number of benzene rings is 1. The number of non-ortho nitro benzene ring substituents is 1. The number of aliphatic hydroxyl groups excluding tert-OH is 1. The van der Waals surface area contributed by atoms with E-state index in [1.807, 2.05) is 0 Å². The van der Waals surface area contributed by atoms with Crippen LogP contribution in [-0.4, -0.2) is 23.3 Å². The van der Waals surface area contributed by atoms with Crippen molar-refractivity contribution < 1.29 is 18.4 Å². The average Bonchev–Trinajstić information content (AvgIpc) is 2.41. The Balaban J connectivity index is 2.28. The Hall–Kier alpha value is -2.41. The molecule has 0 heterocycles. The van der Waals surface area contributed by atoms with Crippen molar-refractivity contribution in [1.82, 2.24) is 0 Å². The summed E-state index contributed by atoms with van der Waals surface area (Å²) in [5.74, 6) is -0.690. The number of hydrogen-bond acceptors (Lipinski definition) is 5. The minimum atomic E-state index is -2.42. The third-order valence-electron chi connectivity index (χ3n) is 3.01. The van der Waals surface area contributed by atoms with Gasteiger partial charge in [0.15, 0.2) is 0 Å². The molecule has 1 N–H and O–H groups in total. The van der Waals surface area contributed by atoms with Crippen molar-refractivity contribution in [2.24, 2.45) is 5.92 Å². The molecule has 0 amide bonds. The number of nitrogens with zero attached hydrogens (tertiary/aromatic N) is 1. The lowest BCUT2D eigenvalue weighted by molar-refractivity contribution is -0.384. The molecule has 2 rings (SSSR count). The van der Waals surface area contributed by atoms with Gasteiger partial charge in [-0.15, -0.1) is 0 Å². The largest absolute Gasteiger partial charge is 0.512 e. The normalized spacial score (nSPS) is 17.7. The number of rotatable bonds is 3. The molecule has 1 aliphatic rings. The van der Waals surface area contributed by atoms with Crippen molar-refractivity contribution in [2.75, 3.05) is 0 Å². The van der Waals surface area contributed by atoms with Crippen LogP contribution in [0.15, 0.2) is 48.3 Å². The third-order valence-corrected chi connectivity index (χ3v) is 3.81. The Morgan fingerprint density at radius 1 is 1.25 bits per heavy atom. The summed E-state index contributed by atoms with van der Waals surface area (Å²) in [5.41, 5.74) is 0.674. The highest BCUT2D eigenvalue weighted by atomic mass is 32.2. The first-order chi connectivity index (χ1) is 9.49. The fourth-order valence-electron chi connectivity index (χ4n) is 1.99. The Bertz CT molecular complexity index is 721. The predicted octanol–water partition coefficient (Wildman–Crippen LogP) is 1.82. The SMILES string of the molecule is O=[N+]([O-])c1ccc(CC2C(O)=CC=CC2=S(=O)=O)cc1. The van der Waals surface area contributed by atoms with Crippen molar-refractivity contribution in [1.29, 1.82) is 0 Å². The van der Waals surface area contributed by atoms with E-state index in [0.717, 1.165) is 0 Å². The summed E-state index contributed by atoms with van der Waals surface area (Å²) in [6.07, 6.45) is 4.59. The summed E-state index contributed by atoms with van der Waals surface area (Å²) < 4.78 is 22.3. The molecule has 0 bridgehead atoms. The van der Waals surface area contributed by atoms with E-state index >= 15 is 0 Å². The highest BCUT2D eigenvalue weighted by molar-refractivity contribution is 7.73. The molecule has 104 valence electrons. The second-order valence-electron chi connectivity index (χ2n) is 4.27. The molecule has 1 aliphatic carbocycles. The third kappa shape index (κ3) is 2.94. The first-order valence-corrected chi connectivity index (χ1v) is 6.83. The summed E-state index contributed by atoms with van der Waals surface area (Å²) in [4.78, 5) is 10.2. The molecule has 20 heavy (non-hydrogen) atoms. The molecular weight excluding hydrogens is 282 g/mol. The second-order valence-corrected chi connectivity index (χ2v) is 5.21. The lowest BCUT2D eigenvalue weighted by Gasteiger charge is -2.17. The highest BCUT2D eigenvalue weighted by Crippen LogP contribution is 2.22. The van der Waals surface area contributed by atoms with Crippen LogP contribution in [0.25, 0.3) is 0 Å². The van der Waals surface area contributed by atoms with Crippen LogP contribution in [0.5, 0.6) is 0 Å². The molecule has 0 spiro atoms. The maximum absolute atomic E-state index is 11.1. The van der Waals surface area contributed by atoms with E-state index in [-0.39, 0.29) is 22.7 Å². The van der Waals surface area contributed by atoms with E-state index in [4.69, 9.17) is 0 Å². The van der Waals surface area contributed by atoms with Crippen LogP contribution in [0.2, 0.25) is 0 Å². The van der Waals surface area contributed by atoms with E-state index in [0.29, 0.717) is 5.56 Å². The molecule has 1 aromatic rings. The summed E-state index contributed by atoms with van der Waals surface area (Å²) in [5, 5.41) is 20.4. The monoisotopic (exact) mass is 293 g/mol. The van der Waals surface area contributed by atoms with Gasteiger partial charge in [-0.2, -0.15) is 8.42 Å². The fraction of sp³-hybridized carbons (Fsp3) is 0.154. The number of allylic oxidation sites excluding steroid dienone is 4. The molecular formula is C13H11NO5S. The van der Waals surface area contributed by atoms with Gasteiger partial charge in [-0.3, -0.25) is 10.1 Å². The van der Waals surface area contributed by atoms with Gasteiger partial charge in [0.25, 0.3) is 5.69 Å². The van der Waals surface area contributed by atoms with Crippen LogP contribution >= 0.6 is 0 Å². The van der Waals surface area contributed by atoms with Gasteiger partial charge in [0, 0.05) is 12.1 Å². The van der Waals surface area contributed by atoms with Crippen LogP contribution in [0.4, 0.5) is 5.69 Å². The summed E-state index contributed by atoms with van der Waals surface area (Å²) in [6, 6.07) is 5.80. The van der Waals surface area contributed by atoms with Gasteiger partial charge >= 0.3 is 0 Å². The Morgan fingerprint density at radius 3 is 2.45 bits per heavy atom. The van der Waals surface area contributed by atoms with Crippen LogP contribution in [0.1, 0.15) is 5.56 Å². The number of aliphatic hydroxyl groups is 1. The van der Waals surface area contributed by atoms with Gasteiger partial charge in [0.2, 0.25) is 10.3 Å². The van der Waals surface area contributed by atoms with Crippen LogP contribution in [0.3, 0.4) is 0 Å². The minimum absolute atomic E-state index is 0.0336. The Kier molecular flexibility index (Phi) is 3.99. The van der Waals surface area contributed by atoms with Crippen molar-refractivity contribution >= 4 is 20.8 Å². The molecule has 7 heteroatoms. The quantitative estimate of drug-likeness (QED) is 0.520. The van der Waals surface area contributed by atoms with Gasteiger partial charge in [-0.05, 0) is 24.1 Å². The minimum Gasteiger partial charge on any atom is -0.512 e. The number of nitro groups is 1. The maximum atomic E-state index is 11.1. The average molecular weight is 293 g/mol. The molecule has 0 saturated heterocycles. The van der Waals surface area contributed by atoms with Gasteiger partial charge in [-0.25, -0.2) is 0 Å². The van der Waals surface area contributed by atoms with Gasteiger partial charge < -0.3 is 5.11 Å². The molecule has 0 aliphatic heterocycles. The maximum Gasteiger partial charge on any atom is 0.269 e. The molecule has 0 radical (unpaired) electrons. The summed E-state index contributed by atoms with van der Waals surface area (Å²) in [6.45, 7) is 0. The molecule has 0 fully saturated rings. The fourth-order valence-corrected chi connectivity index (χ4v) is 2.61. The summed E-state index contributed by atoms with van der Waals surface area (Å²) in [7, 11) is -2.42. The smallest absolute Gasteiger partial charge is 0.269 e. The van der Waals surface area contributed by atoms with Crippen LogP contribution in [0, 0.1) is 16.0 Å². The van der Waals surface area contributed by atoms with Gasteiger partial charge in [-0.1, -0.05) is 18.2 Å². The first kappa shape index (κ1) is 14.0. The van der Waals surface area contributed by atoms with Crippen molar-refractivity contribution in [3.05, 3.63) is 63.9 Å². The molecule has 0 aromatic heterocycles. The van der Waals surface area contributed by atoms with Crippen molar-refractivity contribution in [3.8, 4) is 0 Å². The molecule has 6 nitrogen and oxygen atoms in total. The first-order valence-electron chi connectivity index (χ1n) is 5.75. The van der Waals surface area contributed by atoms with Gasteiger partial charge in [0.05, 0.1) is 15.7 Å². The predicted molar refractivity (Wildman–Crippen MR) is 74.1 cm³/mol. The summed E-state index contributed by atoms with van der Waals surface area (Å²) >= 11 is 0.